The maximum atomic E-state index is 12.6. The zero-order valence-electron chi connectivity index (χ0n) is 13.7. The topological polar surface area (TPSA) is 42.2 Å². The second-order valence-corrected chi connectivity index (χ2v) is 7.50. The van der Waals surface area contributed by atoms with Crippen molar-refractivity contribution in [1.29, 1.82) is 0 Å². The summed E-state index contributed by atoms with van der Waals surface area (Å²) in [4.78, 5) is 13.8. The maximum Gasteiger partial charge on any atom is 0.287 e. The number of halogens is 1. The van der Waals surface area contributed by atoms with Crippen molar-refractivity contribution in [2.45, 2.75) is 23.6 Å². The molecule has 0 aliphatic heterocycles. The van der Waals surface area contributed by atoms with Gasteiger partial charge in [0.15, 0.2) is 5.76 Å². The van der Waals surface area contributed by atoms with E-state index in [-0.39, 0.29) is 11.9 Å². The number of hydrogen-bond donors (Lipinski definition) is 1. The molecule has 128 valence electrons. The van der Waals surface area contributed by atoms with E-state index in [2.05, 4.69) is 33.4 Å². The minimum absolute atomic E-state index is 0.122. The molecule has 1 unspecified atom stereocenters. The Morgan fingerprint density at radius 2 is 1.84 bits per heavy atom. The van der Waals surface area contributed by atoms with Crippen molar-refractivity contribution in [3.8, 4) is 0 Å². The highest BCUT2D eigenvalue weighted by Crippen LogP contribution is 2.26. The summed E-state index contributed by atoms with van der Waals surface area (Å²) in [5.41, 5.74) is 1.92. The van der Waals surface area contributed by atoms with Crippen molar-refractivity contribution in [3.63, 3.8) is 0 Å². The molecule has 3 nitrogen and oxygen atoms in total. The molecule has 3 aromatic rings. The number of carbonyl (C=O) groups is 1. The number of nitrogens with one attached hydrogen (secondary N) is 1. The minimum atomic E-state index is -0.197. The van der Waals surface area contributed by atoms with E-state index in [4.69, 9.17) is 4.42 Å². The molecule has 1 amide bonds. The molecule has 2 aromatic carbocycles. The van der Waals surface area contributed by atoms with Crippen molar-refractivity contribution >= 4 is 33.6 Å². The molecule has 5 heteroatoms. The average molecular weight is 416 g/mol. The smallest absolute Gasteiger partial charge is 0.287 e. The maximum absolute atomic E-state index is 12.6. The van der Waals surface area contributed by atoms with Crippen LogP contribution in [0.25, 0.3) is 0 Å². The second-order valence-electron chi connectivity index (χ2n) is 5.59. The van der Waals surface area contributed by atoms with Gasteiger partial charge >= 0.3 is 0 Å². The predicted molar refractivity (Wildman–Crippen MR) is 105 cm³/mol. The Kier molecular flexibility index (Phi) is 6.00. The third-order valence-electron chi connectivity index (χ3n) is 3.81. The Morgan fingerprint density at radius 1 is 1.12 bits per heavy atom. The fraction of sp³-hybridized carbons (Fsp3) is 0.150. The van der Waals surface area contributed by atoms with E-state index >= 15 is 0 Å². The van der Waals surface area contributed by atoms with Crippen molar-refractivity contribution in [2.75, 3.05) is 0 Å². The zero-order chi connectivity index (χ0) is 17.6. The zero-order valence-corrected chi connectivity index (χ0v) is 16.1. The van der Waals surface area contributed by atoms with E-state index in [1.807, 2.05) is 55.5 Å². The molecular formula is C20H18BrNO2S. The Balaban J connectivity index is 1.67. The van der Waals surface area contributed by atoms with Crippen LogP contribution in [0.4, 0.5) is 0 Å². The molecule has 0 radical (unpaired) electrons. The lowest BCUT2D eigenvalue weighted by Crippen LogP contribution is -2.27. The predicted octanol–water partition coefficient (Wildman–Crippen LogP) is 5.83. The van der Waals surface area contributed by atoms with E-state index < -0.39 is 0 Å². The summed E-state index contributed by atoms with van der Waals surface area (Å²) in [6.07, 6.45) is 1.57. The summed E-state index contributed by atoms with van der Waals surface area (Å²) in [5.74, 6) is 0.867. The lowest BCUT2D eigenvalue weighted by molar-refractivity contribution is 0.0911. The van der Waals surface area contributed by atoms with Gasteiger partial charge in [0.1, 0.15) is 0 Å². The fourth-order valence-electron chi connectivity index (χ4n) is 2.49. The molecule has 0 spiro atoms. The van der Waals surface area contributed by atoms with Gasteiger partial charge in [-0.2, -0.15) is 0 Å². The van der Waals surface area contributed by atoms with Gasteiger partial charge in [-0.1, -0.05) is 52.3 Å². The largest absolute Gasteiger partial charge is 0.459 e. The molecule has 1 N–H and O–H groups in total. The first kappa shape index (κ1) is 17.8. The minimum Gasteiger partial charge on any atom is -0.459 e. The van der Waals surface area contributed by atoms with Gasteiger partial charge in [0.25, 0.3) is 5.91 Å². The fourth-order valence-corrected chi connectivity index (χ4v) is 4.02. The van der Waals surface area contributed by atoms with Gasteiger partial charge in [0.05, 0.1) is 12.3 Å². The lowest BCUT2D eigenvalue weighted by Gasteiger charge is -2.15. The third kappa shape index (κ3) is 4.55. The molecule has 3 rings (SSSR count). The van der Waals surface area contributed by atoms with Crippen molar-refractivity contribution in [1.82, 2.24) is 5.32 Å². The molecule has 1 heterocycles. The molecule has 0 fully saturated rings. The molecule has 1 aromatic heterocycles. The van der Waals surface area contributed by atoms with Crippen LogP contribution >= 0.6 is 27.7 Å². The lowest BCUT2D eigenvalue weighted by atomic mass is 10.1. The molecule has 0 aliphatic rings. The van der Waals surface area contributed by atoms with Crippen molar-refractivity contribution in [2.24, 2.45) is 0 Å². The highest BCUT2D eigenvalue weighted by atomic mass is 79.9. The van der Waals surface area contributed by atoms with Crippen molar-refractivity contribution < 1.29 is 9.21 Å². The molecule has 25 heavy (non-hydrogen) atoms. The quantitative estimate of drug-likeness (QED) is 0.515. The summed E-state index contributed by atoms with van der Waals surface area (Å²) >= 11 is 5.20. The molecular weight excluding hydrogens is 398 g/mol. The molecule has 1 atom stereocenters. The molecule has 0 saturated heterocycles. The van der Waals surface area contributed by atoms with Crippen LogP contribution in [0.2, 0.25) is 0 Å². The Hall–Kier alpha value is -1.98. The standard InChI is InChI=1S/C20H18BrNO2S/c1-14(17-9-5-6-10-18(17)21)22-20(23)19-15(11-12-24-19)13-25-16-7-3-2-4-8-16/h2-12,14H,13H2,1H3,(H,22,23). The first-order valence-electron chi connectivity index (χ1n) is 7.94. The van der Waals surface area contributed by atoms with Gasteiger partial charge in [0.2, 0.25) is 0 Å². The second kappa shape index (κ2) is 8.41. The summed E-state index contributed by atoms with van der Waals surface area (Å²) in [5, 5.41) is 3.01. The van der Waals surface area contributed by atoms with Gasteiger partial charge in [-0.3, -0.25) is 4.79 Å². The average Bonchev–Trinajstić information content (AvgIpc) is 3.10. The van der Waals surface area contributed by atoms with Crippen LogP contribution in [0.15, 0.2) is 80.7 Å². The Morgan fingerprint density at radius 3 is 2.60 bits per heavy atom. The third-order valence-corrected chi connectivity index (χ3v) is 5.59. The molecule has 0 aliphatic carbocycles. The van der Waals surface area contributed by atoms with Crippen molar-refractivity contribution in [3.05, 3.63) is 88.3 Å². The normalized spacial score (nSPS) is 11.9. The van der Waals surface area contributed by atoms with Gasteiger partial charge in [-0.05, 0) is 36.8 Å². The number of rotatable bonds is 6. The SMILES string of the molecule is CC(NC(=O)c1occc1CSc1ccccc1)c1ccccc1Br. The summed E-state index contributed by atoms with van der Waals surface area (Å²) in [6, 6.07) is 19.7. The number of carbonyl (C=O) groups excluding carboxylic acids is 1. The van der Waals surface area contributed by atoms with E-state index in [1.165, 1.54) is 0 Å². The highest BCUT2D eigenvalue weighted by molar-refractivity contribution is 9.10. The van der Waals surface area contributed by atoms with Gasteiger partial charge in [0, 0.05) is 20.7 Å². The first-order valence-corrected chi connectivity index (χ1v) is 9.72. The Bertz CT molecular complexity index is 848. The van der Waals surface area contributed by atoms with Crippen LogP contribution in [-0.4, -0.2) is 5.91 Å². The van der Waals surface area contributed by atoms with E-state index in [0.29, 0.717) is 11.5 Å². The number of hydrogen-bond acceptors (Lipinski definition) is 3. The summed E-state index contributed by atoms with van der Waals surface area (Å²) in [7, 11) is 0. The van der Waals surface area contributed by atoms with Gasteiger partial charge < -0.3 is 9.73 Å². The summed E-state index contributed by atoms with van der Waals surface area (Å²) < 4.78 is 6.42. The van der Waals surface area contributed by atoms with Crippen LogP contribution in [0.1, 0.15) is 34.6 Å². The van der Waals surface area contributed by atoms with Crippen LogP contribution < -0.4 is 5.32 Å². The first-order chi connectivity index (χ1) is 12.1. The van der Waals surface area contributed by atoms with Gasteiger partial charge in [-0.15, -0.1) is 11.8 Å². The van der Waals surface area contributed by atoms with Gasteiger partial charge in [-0.25, -0.2) is 0 Å². The van der Waals surface area contributed by atoms with Crippen LogP contribution in [0, 0.1) is 0 Å². The molecule has 0 saturated carbocycles. The van der Waals surface area contributed by atoms with E-state index in [9.17, 15) is 4.79 Å². The van der Waals surface area contributed by atoms with Crippen LogP contribution in [-0.2, 0) is 5.75 Å². The monoisotopic (exact) mass is 415 g/mol. The molecule has 0 bridgehead atoms. The Labute approximate surface area is 160 Å². The highest BCUT2D eigenvalue weighted by Gasteiger charge is 2.19. The van der Waals surface area contributed by atoms with E-state index in [1.54, 1.807) is 18.0 Å². The van der Waals surface area contributed by atoms with Crippen LogP contribution in [0.5, 0.6) is 0 Å². The number of furan rings is 1. The number of thioether (sulfide) groups is 1. The summed E-state index contributed by atoms with van der Waals surface area (Å²) in [6.45, 7) is 1.96. The van der Waals surface area contributed by atoms with E-state index in [0.717, 1.165) is 20.5 Å². The van der Waals surface area contributed by atoms with Crippen LogP contribution in [0.3, 0.4) is 0 Å². The number of benzene rings is 2. The number of amides is 1.